The van der Waals surface area contributed by atoms with Crippen LogP contribution in [-0.4, -0.2) is 9.55 Å². The minimum Gasteiger partial charge on any atom is -0.399 e. The van der Waals surface area contributed by atoms with Crippen LogP contribution in [0.25, 0.3) is 10.9 Å². The topological polar surface area (TPSA) is 60.9 Å². The fourth-order valence-electron chi connectivity index (χ4n) is 2.12. The van der Waals surface area contributed by atoms with E-state index in [-0.39, 0.29) is 5.56 Å². The van der Waals surface area contributed by atoms with Gasteiger partial charge in [-0.1, -0.05) is 28.1 Å². The van der Waals surface area contributed by atoms with Crippen molar-refractivity contribution in [2.24, 2.45) is 0 Å². The van der Waals surface area contributed by atoms with Gasteiger partial charge in [0.1, 0.15) is 0 Å². The maximum Gasteiger partial charge on any atom is 0.261 e. The summed E-state index contributed by atoms with van der Waals surface area (Å²) >= 11 is 3.42. The molecular formula is C15H12BrN3O. The lowest BCUT2D eigenvalue weighted by Gasteiger charge is -2.07. The number of nitrogen functional groups attached to an aromatic ring is 1. The van der Waals surface area contributed by atoms with Gasteiger partial charge < -0.3 is 5.73 Å². The summed E-state index contributed by atoms with van der Waals surface area (Å²) in [6, 6.07) is 13.0. The minimum atomic E-state index is -0.0812. The highest BCUT2D eigenvalue weighted by atomic mass is 79.9. The smallest absolute Gasteiger partial charge is 0.261 e. The molecule has 0 aliphatic carbocycles. The fourth-order valence-corrected chi connectivity index (χ4v) is 2.57. The lowest BCUT2D eigenvalue weighted by molar-refractivity contribution is 0.748. The Morgan fingerprint density at radius 1 is 1.20 bits per heavy atom. The van der Waals surface area contributed by atoms with Gasteiger partial charge in [-0.3, -0.25) is 9.36 Å². The molecule has 0 aliphatic heterocycles. The van der Waals surface area contributed by atoms with Crippen LogP contribution in [0.15, 0.2) is 58.1 Å². The molecule has 0 saturated heterocycles. The number of hydrogen-bond acceptors (Lipinski definition) is 3. The molecule has 0 unspecified atom stereocenters. The van der Waals surface area contributed by atoms with Crippen molar-refractivity contribution in [3.63, 3.8) is 0 Å². The van der Waals surface area contributed by atoms with Gasteiger partial charge in [0.05, 0.1) is 23.8 Å². The van der Waals surface area contributed by atoms with Gasteiger partial charge in [0.2, 0.25) is 0 Å². The normalized spacial score (nSPS) is 10.8. The molecule has 0 bridgehead atoms. The van der Waals surface area contributed by atoms with E-state index >= 15 is 0 Å². The molecule has 20 heavy (non-hydrogen) atoms. The van der Waals surface area contributed by atoms with Gasteiger partial charge in [-0.25, -0.2) is 4.98 Å². The van der Waals surface area contributed by atoms with E-state index in [1.165, 1.54) is 0 Å². The summed E-state index contributed by atoms with van der Waals surface area (Å²) in [4.78, 5) is 16.7. The molecule has 0 fully saturated rings. The molecule has 4 nitrogen and oxygen atoms in total. The molecule has 3 aromatic rings. The average molecular weight is 330 g/mol. The first-order chi connectivity index (χ1) is 9.63. The number of benzene rings is 2. The Hall–Kier alpha value is -2.14. The number of nitrogens with two attached hydrogens (primary N) is 1. The molecule has 100 valence electrons. The summed E-state index contributed by atoms with van der Waals surface area (Å²) < 4.78 is 2.57. The quantitative estimate of drug-likeness (QED) is 0.735. The van der Waals surface area contributed by atoms with E-state index in [1.807, 2.05) is 24.3 Å². The first-order valence-electron chi connectivity index (χ1n) is 6.12. The van der Waals surface area contributed by atoms with Gasteiger partial charge in [0.25, 0.3) is 5.56 Å². The number of fused-ring (bicyclic) bond motifs is 1. The van der Waals surface area contributed by atoms with Crippen molar-refractivity contribution >= 4 is 32.5 Å². The summed E-state index contributed by atoms with van der Waals surface area (Å²) in [6.45, 7) is 0.482. The first-order valence-corrected chi connectivity index (χ1v) is 6.92. The van der Waals surface area contributed by atoms with E-state index in [0.29, 0.717) is 23.1 Å². The first kappa shape index (κ1) is 12.9. The van der Waals surface area contributed by atoms with Crippen LogP contribution in [0.5, 0.6) is 0 Å². The second-order valence-corrected chi connectivity index (χ2v) is 5.50. The Morgan fingerprint density at radius 2 is 2.05 bits per heavy atom. The summed E-state index contributed by atoms with van der Waals surface area (Å²) in [5.41, 5.74) is 7.91. The molecule has 2 aromatic carbocycles. The number of anilines is 1. The van der Waals surface area contributed by atoms with Crippen molar-refractivity contribution in [2.75, 3.05) is 5.73 Å². The molecule has 0 aliphatic rings. The summed E-state index contributed by atoms with van der Waals surface area (Å²) in [7, 11) is 0. The van der Waals surface area contributed by atoms with Gasteiger partial charge in [0, 0.05) is 10.2 Å². The van der Waals surface area contributed by atoms with Crippen molar-refractivity contribution in [2.45, 2.75) is 6.54 Å². The van der Waals surface area contributed by atoms with Crippen LogP contribution in [0.3, 0.4) is 0 Å². The van der Waals surface area contributed by atoms with Crippen LogP contribution >= 0.6 is 15.9 Å². The zero-order valence-corrected chi connectivity index (χ0v) is 12.2. The lowest BCUT2D eigenvalue weighted by Crippen LogP contribution is -2.21. The second-order valence-electron chi connectivity index (χ2n) is 4.58. The van der Waals surface area contributed by atoms with Crippen LogP contribution in [0.1, 0.15) is 5.56 Å². The zero-order valence-electron chi connectivity index (χ0n) is 10.6. The molecular weight excluding hydrogens is 318 g/mol. The highest BCUT2D eigenvalue weighted by Crippen LogP contribution is 2.14. The Labute approximate surface area is 124 Å². The molecule has 3 rings (SSSR count). The van der Waals surface area contributed by atoms with Crippen LogP contribution in [-0.2, 0) is 6.54 Å². The summed E-state index contributed by atoms with van der Waals surface area (Å²) in [5, 5.41) is 0.544. The summed E-state index contributed by atoms with van der Waals surface area (Å²) in [6.07, 6.45) is 1.57. The maximum atomic E-state index is 12.4. The number of rotatable bonds is 2. The molecule has 0 amide bonds. The Balaban J connectivity index is 2.08. The van der Waals surface area contributed by atoms with E-state index < -0.39 is 0 Å². The van der Waals surface area contributed by atoms with E-state index in [2.05, 4.69) is 20.9 Å². The van der Waals surface area contributed by atoms with Crippen molar-refractivity contribution < 1.29 is 0 Å². The van der Waals surface area contributed by atoms with Crippen molar-refractivity contribution in [3.05, 3.63) is 69.2 Å². The summed E-state index contributed by atoms with van der Waals surface area (Å²) in [5.74, 6) is 0. The van der Waals surface area contributed by atoms with Crippen molar-refractivity contribution in [3.8, 4) is 0 Å². The van der Waals surface area contributed by atoms with Crippen molar-refractivity contribution in [1.82, 2.24) is 9.55 Å². The molecule has 2 N–H and O–H groups in total. The van der Waals surface area contributed by atoms with E-state index in [9.17, 15) is 4.79 Å². The van der Waals surface area contributed by atoms with Gasteiger partial charge in [0.15, 0.2) is 0 Å². The number of aromatic nitrogens is 2. The van der Waals surface area contributed by atoms with Crippen LogP contribution in [0.4, 0.5) is 5.69 Å². The second kappa shape index (κ2) is 5.09. The highest BCUT2D eigenvalue weighted by molar-refractivity contribution is 9.10. The highest BCUT2D eigenvalue weighted by Gasteiger charge is 2.05. The van der Waals surface area contributed by atoms with Gasteiger partial charge in [-0.15, -0.1) is 0 Å². The van der Waals surface area contributed by atoms with Gasteiger partial charge in [-0.05, 0) is 35.9 Å². The predicted octanol–water partition coefficient (Wildman–Crippen LogP) is 2.79. The largest absolute Gasteiger partial charge is 0.399 e. The maximum absolute atomic E-state index is 12.4. The Bertz CT molecular complexity index is 842. The van der Waals surface area contributed by atoms with Crippen LogP contribution < -0.4 is 11.3 Å². The Morgan fingerprint density at radius 3 is 2.85 bits per heavy atom. The fraction of sp³-hybridized carbons (Fsp3) is 0.0667. The molecule has 0 spiro atoms. The van der Waals surface area contributed by atoms with E-state index in [4.69, 9.17) is 5.73 Å². The average Bonchev–Trinajstić information content (AvgIpc) is 2.43. The third-order valence-corrected chi connectivity index (χ3v) is 3.58. The van der Waals surface area contributed by atoms with Crippen LogP contribution in [0, 0.1) is 0 Å². The zero-order chi connectivity index (χ0) is 14.1. The molecule has 5 heteroatoms. The third kappa shape index (κ3) is 2.44. The molecule has 0 saturated carbocycles. The standard InChI is InChI=1S/C15H12BrN3O/c16-11-3-1-2-10(6-11)8-19-9-18-14-5-4-12(17)7-13(14)15(19)20/h1-7,9H,8,17H2. The molecule has 1 heterocycles. The SMILES string of the molecule is Nc1ccc2ncn(Cc3cccc(Br)c3)c(=O)c2c1. The van der Waals surface area contributed by atoms with E-state index in [1.54, 1.807) is 29.1 Å². The van der Waals surface area contributed by atoms with E-state index in [0.717, 1.165) is 10.0 Å². The van der Waals surface area contributed by atoms with Crippen molar-refractivity contribution in [1.29, 1.82) is 0 Å². The third-order valence-electron chi connectivity index (χ3n) is 3.09. The predicted molar refractivity (Wildman–Crippen MR) is 83.7 cm³/mol. The number of halogens is 1. The number of hydrogen-bond donors (Lipinski definition) is 1. The monoisotopic (exact) mass is 329 g/mol. The molecule has 0 radical (unpaired) electrons. The van der Waals surface area contributed by atoms with Gasteiger partial charge >= 0.3 is 0 Å². The lowest BCUT2D eigenvalue weighted by atomic mass is 10.2. The minimum absolute atomic E-state index is 0.0812. The number of nitrogens with zero attached hydrogens (tertiary/aromatic N) is 2. The molecule has 0 atom stereocenters. The van der Waals surface area contributed by atoms with Crippen LogP contribution in [0.2, 0.25) is 0 Å². The Kier molecular flexibility index (Phi) is 3.28. The van der Waals surface area contributed by atoms with Gasteiger partial charge in [-0.2, -0.15) is 0 Å². The molecule has 1 aromatic heterocycles.